The van der Waals surface area contributed by atoms with Gasteiger partial charge in [0.1, 0.15) is 30.0 Å². The number of hydrogen-bond acceptors (Lipinski definition) is 15. The van der Waals surface area contributed by atoms with Gasteiger partial charge in [-0.2, -0.15) is 0 Å². The number of hydrogen-bond donors (Lipinski definition) is 7. The molecule has 18 atom stereocenters. The molecule has 0 unspecified atom stereocenters. The number of cyclic esters (lactones) is 1. The molecule has 4 rings (SSSR count). The molecule has 0 radical (unpaired) electrons. The molecule has 380 valence electrons. The zero-order valence-corrected chi connectivity index (χ0v) is 42.0. The van der Waals surface area contributed by atoms with Crippen molar-refractivity contribution in [2.24, 2.45) is 23.7 Å². The Morgan fingerprint density at radius 2 is 1.58 bits per heavy atom. The van der Waals surface area contributed by atoms with Crippen LogP contribution in [0, 0.1) is 23.7 Å². The van der Waals surface area contributed by atoms with Crippen molar-refractivity contribution in [2.45, 2.75) is 224 Å². The number of aliphatic hydroxyl groups excluding tert-OH is 3. The number of carbonyl (C=O) groups excluding carboxylic acids is 2. The summed E-state index contributed by atoms with van der Waals surface area (Å²) in [6.07, 6.45) is -2.40. The first-order chi connectivity index (χ1) is 30.4. The first kappa shape index (κ1) is 55.9. The average molecular weight is 931 g/mol. The molecule has 1 aliphatic carbocycles. The minimum Gasteiger partial charge on any atom is -0.459 e. The number of ether oxygens (including phenoxy) is 6. The summed E-state index contributed by atoms with van der Waals surface area (Å²) >= 11 is 0. The van der Waals surface area contributed by atoms with E-state index in [1.54, 1.807) is 34.6 Å². The number of likely N-dealkylation sites (N-methyl/N-ethyl adjacent to an activating group) is 1. The number of nitrogens with one attached hydrogen (secondary N) is 2. The molecule has 0 aromatic carbocycles. The Balaban J connectivity index is 1.71. The largest absolute Gasteiger partial charge is 0.459 e. The van der Waals surface area contributed by atoms with E-state index in [0.717, 1.165) is 12.8 Å². The second kappa shape index (κ2) is 24.2. The van der Waals surface area contributed by atoms with E-state index in [1.807, 2.05) is 51.6 Å². The molecule has 3 saturated heterocycles. The summed E-state index contributed by atoms with van der Waals surface area (Å²) < 4.78 is 38.1. The maximum atomic E-state index is 14.5. The van der Waals surface area contributed by atoms with Crippen LogP contribution in [0.1, 0.15) is 133 Å². The number of rotatable bonds is 13. The van der Waals surface area contributed by atoms with Crippen molar-refractivity contribution in [2.75, 3.05) is 47.4 Å². The van der Waals surface area contributed by atoms with Crippen LogP contribution in [0.25, 0.3) is 0 Å². The monoisotopic (exact) mass is 931 g/mol. The van der Waals surface area contributed by atoms with Crippen LogP contribution in [-0.4, -0.2) is 185 Å². The highest BCUT2D eigenvalue weighted by molar-refractivity contribution is 5.74. The van der Waals surface area contributed by atoms with Gasteiger partial charge in [-0.15, -0.1) is 0 Å². The lowest BCUT2D eigenvalue weighted by atomic mass is 9.77. The lowest BCUT2D eigenvalue weighted by Crippen LogP contribution is -2.60. The molecule has 0 aromatic rings. The summed E-state index contributed by atoms with van der Waals surface area (Å²) in [5.74, 6) is -2.31. The Bertz CT molecular complexity index is 1470. The molecule has 4 aliphatic rings. The van der Waals surface area contributed by atoms with E-state index in [9.17, 15) is 35.1 Å². The molecule has 17 nitrogen and oxygen atoms in total. The molecular formula is C48H90N4O13. The fourth-order valence-corrected chi connectivity index (χ4v) is 11.1. The molecule has 0 bridgehead atoms. The first-order valence-corrected chi connectivity index (χ1v) is 24.6. The lowest BCUT2D eigenvalue weighted by Gasteiger charge is -2.48. The normalized spacial score (nSPS) is 43.6. The zero-order chi connectivity index (χ0) is 48.6. The Morgan fingerprint density at radius 3 is 2.20 bits per heavy atom. The van der Waals surface area contributed by atoms with Gasteiger partial charge < -0.3 is 69.5 Å². The highest BCUT2D eigenvalue weighted by atomic mass is 16.7. The van der Waals surface area contributed by atoms with Crippen LogP contribution in [0.5, 0.6) is 0 Å². The first-order valence-electron chi connectivity index (χ1n) is 24.6. The van der Waals surface area contributed by atoms with Crippen molar-refractivity contribution in [3.05, 3.63) is 0 Å². The Kier molecular flexibility index (Phi) is 20.8. The zero-order valence-electron chi connectivity index (χ0n) is 42.0. The van der Waals surface area contributed by atoms with Crippen LogP contribution < -0.4 is 10.6 Å². The van der Waals surface area contributed by atoms with Gasteiger partial charge in [-0.3, -0.25) is 9.69 Å². The summed E-state index contributed by atoms with van der Waals surface area (Å²) in [5, 5.41) is 65.8. The van der Waals surface area contributed by atoms with Crippen molar-refractivity contribution in [3.63, 3.8) is 0 Å². The highest BCUT2D eigenvalue weighted by Crippen LogP contribution is 2.40. The van der Waals surface area contributed by atoms with E-state index >= 15 is 0 Å². The Hall–Kier alpha value is -1.74. The molecule has 4 fully saturated rings. The van der Waals surface area contributed by atoms with Crippen molar-refractivity contribution in [1.29, 1.82) is 0 Å². The molecule has 3 aliphatic heterocycles. The molecule has 3 heterocycles. The summed E-state index contributed by atoms with van der Waals surface area (Å²) in [5.41, 5.74) is -4.58. The van der Waals surface area contributed by atoms with E-state index in [2.05, 4.69) is 10.6 Å². The van der Waals surface area contributed by atoms with Crippen LogP contribution in [0.2, 0.25) is 0 Å². The molecule has 65 heavy (non-hydrogen) atoms. The fraction of sp³-hybridized carbons (Fsp3) is 0.958. The van der Waals surface area contributed by atoms with E-state index < -0.39 is 96.0 Å². The van der Waals surface area contributed by atoms with Gasteiger partial charge in [-0.25, -0.2) is 4.79 Å². The minimum absolute atomic E-state index is 0.109. The van der Waals surface area contributed by atoms with Gasteiger partial charge in [-0.05, 0) is 113 Å². The standard InChI is InChI=1S/C48H90N4O13/c1-14-36-48(10,59)40(54)32(6)52(22-18-21-49-45(57)50-26-34-19-16-15-17-20-34)27-28(2)24-46(8,58)42(65-44-38(53)35(51(11)12)23-29(3)61-44)30(4)39(31(5)43(56)63-36)64-37-25-47(9,60-13)41(55)33(7)62-37/h28-42,44,53-55,58-59H,14-27H2,1-13H3,(H2,49,50,57)/t28-,29-,30+,31-,32-,33+,35+,36-,37+,38-,39+,40-,41+,42-,44+,46-,47-,48-/m1/s1. The van der Waals surface area contributed by atoms with Crippen molar-refractivity contribution >= 4 is 12.0 Å². The number of methoxy groups -OCH3 is 1. The summed E-state index contributed by atoms with van der Waals surface area (Å²) in [6, 6.07) is -1.18. The van der Waals surface area contributed by atoms with Crippen LogP contribution in [0.4, 0.5) is 4.79 Å². The SMILES string of the molecule is CC[C@H]1OC(=O)[C@H](C)[C@@H](O[C@H]2C[C@@](C)(OC)[C@@H](O)[C@H](C)O2)[C@H](C)[C@@H](O[C@@H]2O[C@H](C)C[C@H](N(C)C)[C@H]2O)[C@](C)(O)C[C@@H](C)CN(CCCNC(=O)NCC2CCCCC2)[C@H](C)[C@@H](O)[C@]1(C)O. The number of urea groups is 1. The number of nitrogens with zero attached hydrogens (tertiary/aromatic N) is 2. The van der Waals surface area contributed by atoms with Crippen molar-refractivity contribution < 1.29 is 63.5 Å². The van der Waals surface area contributed by atoms with Gasteiger partial charge in [0, 0.05) is 57.7 Å². The number of amides is 2. The summed E-state index contributed by atoms with van der Waals surface area (Å²) in [4.78, 5) is 31.3. The maximum Gasteiger partial charge on any atom is 0.314 e. The smallest absolute Gasteiger partial charge is 0.314 e. The third kappa shape index (κ3) is 14.4. The third-order valence-corrected chi connectivity index (χ3v) is 15.2. The van der Waals surface area contributed by atoms with E-state index in [4.69, 9.17) is 28.4 Å². The predicted octanol–water partition coefficient (Wildman–Crippen LogP) is 3.54. The molecule has 7 N–H and O–H groups in total. The molecule has 17 heteroatoms. The fourth-order valence-electron chi connectivity index (χ4n) is 11.1. The molecule has 0 spiro atoms. The lowest BCUT2D eigenvalue weighted by molar-refractivity contribution is -0.318. The van der Waals surface area contributed by atoms with Gasteiger partial charge in [0.25, 0.3) is 0 Å². The second-order valence-electron chi connectivity index (χ2n) is 21.2. The van der Waals surface area contributed by atoms with Crippen LogP contribution in [0.3, 0.4) is 0 Å². The van der Waals surface area contributed by atoms with Crippen LogP contribution >= 0.6 is 0 Å². The average Bonchev–Trinajstić information content (AvgIpc) is 3.25. The predicted molar refractivity (Wildman–Crippen MR) is 246 cm³/mol. The second-order valence-corrected chi connectivity index (χ2v) is 21.2. The van der Waals surface area contributed by atoms with Crippen LogP contribution in [-0.2, 0) is 33.2 Å². The van der Waals surface area contributed by atoms with Gasteiger partial charge in [-0.1, -0.05) is 40.0 Å². The third-order valence-electron chi connectivity index (χ3n) is 15.2. The quantitative estimate of drug-likeness (QED) is 0.104. The maximum absolute atomic E-state index is 14.5. The number of aliphatic hydroxyl groups is 5. The topological polar surface area (TPSA) is 221 Å². The van der Waals surface area contributed by atoms with Crippen LogP contribution in [0.15, 0.2) is 0 Å². The minimum atomic E-state index is -1.89. The molecule has 1 saturated carbocycles. The van der Waals surface area contributed by atoms with Crippen molar-refractivity contribution in [3.8, 4) is 0 Å². The summed E-state index contributed by atoms with van der Waals surface area (Å²) in [6.45, 7) is 19.5. The summed E-state index contributed by atoms with van der Waals surface area (Å²) in [7, 11) is 5.27. The Morgan fingerprint density at radius 1 is 0.923 bits per heavy atom. The number of esters is 1. The van der Waals surface area contributed by atoms with Gasteiger partial charge in [0.2, 0.25) is 0 Å². The van der Waals surface area contributed by atoms with Gasteiger partial charge in [0.05, 0.1) is 41.5 Å². The molecular weight excluding hydrogens is 841 g/mol. The van der Waals surface area contributed by atoms with E-state index in [0.29, 0.717) is 44.9 Å². The van der Waals surface area contributed by atoms with Gasteiger partial charge in [0.15, 0.2) is 12.6 Å². The highest BCUT2D eigenvalue weighted by Gasteiger charge is 2.53. The molecule has 0 aromatic heterocycles. The number of carbonyl (C=O) groups is 2. The Labute approximate surface area is 389 Å². The van der Waals surface area contributed by atoms with E-state index in [-0.39, 0.29) is 43.4 Å². The van der Waals surface area contributed by atoms with E-state index in [1.165, 1.54) is 33.3 Å². The van der Waals surface area contributed by atoms with Crippen molar-refractivity contribution in [1.82, 2.24) is 20.4 Å². The van der Waals surface area contributed by atoms with Gasteiger partial charge >= 0.3 is 12.0 Å². The molecule has 2 amide bonds.